The topological polar surface area (TPSA) is 30.5 Å². The van der Waals surface area contributed by atoms with Crippen LogP contribution in [0.2, 0.25) is 0 Å². The van der Waals surface area contributed by atoms with Crippen LogP contribution in [0.1, 0.15) is 13.3 Å². The Bertz CT molecular complexity index is 199. The molecule has 0 aromatic rings. The lowest BCUT2D eigenvalue weighted by Gasteiger charge is -2.14. The second kappa shape index (κ2) is 6.42. The molecule has 0 aromatic carbocycles. The number of rotatable bonds is 6. The minimum absolute atomic E-state index is 0.0848. The van der Waals surface area contributed by atoms with Gasteiger partial charge < -0.3 is 14.8 Å². The summed E-state index contributed by atoms with van der Waals surface area (Å²) in [7, 11) is 0. The zero-order chi connectivity index (χ0) is 12.0. The van der Waals surface area contributed by atoms with Gasteiger partial charge in [0, 0.05) is 19.7 Å². The fourth-order valence-corrected chi connectivity index (χ4v) is 1.66. The summed E-state index contributed by atoms with van der Waals surface area (Å²) in [4.78, 5) is 0. The largest absolute Gasteiger partial charge is 0.411 e. The molecule has 16 heavy (non-hydrogen) atoms. The first-order chi connectivity index (χ1) is 7.49. The summed E-state index contributed by atoms with van der Waals surface area (Å²) in [6.45, 7) is 2.92. The number of halogens is 3. The monoisotopic (exact) mass is 241 g/mol. The first kappa shape index (κ1) is 13.7. The van der Waals surface area contributed by atoms with Crippen LogP contribution in [-0.4, -0.2) is 45.2 Å². The highest BCUT2D eigenvalue weighted by atomic mass is 19.4. The molecule has 1 saturated heterocycles. The van der Waals surface area contributed by atoms with E-state index in [1.54, 1.807) is 0 Å². The van der Waals surface area contributed by atoms with E-state index in [0.29, 0.717) is 12.5 Å². The highest BCUT2D eigenvalue weighted by molar-refractivity contribution is 4.74. The van der Waals surface area contributed by atoms with E-state index in [2.05, 4.69) is 10.1 Å². The normalized spacial score (nSPS) is 26.2. The molecular weight excluding hydrogens is 223 g/mol. The van der Waals surface area contributed by atoms with Crippen LogP contribution < -0.4 is 5.32 Å². The van der Waals surface area contributed by atoms with Crippen molar-refractivity contribution in [2.45, 2.75) is 25.6 Å². The van der Waals surface area contributed by atoms with Gasteiger partial charge in [0.05, 0.1) is 12.7 Å². The van der Waals surface area contributed by atoms with Gasteiger partial charge in [0.1, 0.15) is 6.61 Å². The fourth-order valence-electron chi connectivity index (χ4n) is 1.66. The Kier molecular flexibility index (Phi) is 5.51. The molecule has 0 radical (unpaired) electrons. The van der Waals surface area contributed by atoms with Gasteiger partial charge in [-0.25, -0.2) is 0 Å². The van der Waals surface area contributed by atoms with E-state index in [1.807, 2.05) is 6.92 Å². The predicted octanol–water partition coefficient (Wildman–Crippen LogP) is 1.58. The zero-order valence-electron chi connectivity index (χ0n) is 9.35. The van der Waals surface area contributed by atoms with E-state index in [-0.39, 0.29) is 12.7 Å². The van der Waals surface area contributed by atoms with Crippen molar-refractivity contribution in [3.05, 3.63) is 0 Å². The zero-order valence-corrected chi connectivity index (χ0v) is 9.35. The first-order valence-corrected chi connectivity index (χ1v) is 5.46. The first-order valence-electron chi connectivity index (χ1n) is 5.46. The van der Waals surface area contributed by atoms with Crippen molar-refractivity contribution in [3.63, 3.8) is 0 Å². The minimum Gasteiger partial charge on any atom is -0.378 e. The maximum atomic E-state index is 11.7. The third-order valence-corrected chi connectivity index (χ3v) is 2.63. The SMILES string of the molecule is CC1OCCC1CNCCOCC(F)(F)F. The highest BCUT2D eigenvalue weighted by Gasteiger charge is 2.27. The van der Waals surface area contributed by atoms with Gasteiger partial charge in [0.2, 0.25) is 0 Å². The Balaban J connectivity index is 1.92. The average Bonchev–Trinajstić information content (AvgIpc) is 2.56. The molecule has 0 saturated carbocycles. The number of ether oxygens (including phenoxy) is 2. The summed E-state index contributed by atoms with van der Waals surface area (Å²) in [5, 5.41) is 3.07. The number of hydrogen-bond donors (Lipinski definition) is 1. The Morgan fingerprint density at radius 2 is 2.19 bits per heavy atom. The maximum absolute atomic E-state index is 11.7. The summed E-state index contributed by atoms with van der Waals surface area (Å²) >= 11 is 0. The molecule has 0 amide bonds. The van der Waals surface area contributed by atoms with Crippen molar-refractivity contribution in [2.75, 3.05) is 32.9 Å². The van der Waals surface area contributed by atoms with Crippen LogP contribution in [0.15, 0.2) is 0 Å². The molecule has 1 aliphatic heterocycles. The van der Waals surface area contributed by atoms with Gasteiger partial charge in [-0.2, -0.15) is 13.2 Å². The Hall–Kier alpha value is -0.330. The summed E-state index contributed by atoms with van der Waals surface area (Å²) in [6, 6.07) is 0. The van der Waals surface area contributed by atoms with Crippen molar-refractivity contribution in [1.29, 1.82) is 0 Å². The third-order valence-electron chi connectivity index (χ3n) is 2.63. The van der Waals surface area contributed by atoms with Gasteiger partial charge in [-0.3, -0.25) is 0 Å². The van der Waals surface area contributed by atoms with Crippen LogP contribution >= 0.6 is 0 Å². The van der Waals surface area contributed by atoms with Crippen molar-refractivity contribution < 1.29 is 22.6 Å². The van der Waals surface area contributed by atoms with Gasteiger partial charge in [0.15, 0.2) is 0 Å². The summed E-state index contributed by atoms with van der Waals surface area (Å²) < 4.78 is 44.9. The second-order valence-electron chi connectivity index (χ2n) is 4.00. The van der Waals surface area contributed by atoms with Crippen LogP contribution in [0.4, 0.5) is 13.2 Å². The number of alkyl halides is 3. The molecular formula is C10H18F3NO2. The lowest BCUT2D eigenvalue weighted by Crippen LogP contribution is -2.30. The summed E-state index contributed by atoms with van der Waals surface area (Å²) in [5.41, 5.74) is 0. The van der Waals surface area contributed by atoms with Gasteiger partial charge in [0.25, 0.3) is 0 Å². The van der Waals surface area contributed by atoms with E-state index in [0.717, 1.165) is 19.6 Å². The lowest BCUT2D eigenvalue weighted by molar-refractivity contribution is -0.173. The van der Waals surface area contributed by atoms with E-state index in [1.165, 1.54) is 0 Å². The van der Waals surface area contributed by atoms with E-state index < -0.39 is 12.8 Å². The van der Waals surface area contributed by atoms with Gasteiger partial charge in [-0.1, -0.05) is 0 Å². The highest BCUT2D eigenvalue weighted by Crippen LogP contribution is 2.19. The number of nitrogens with one attached hydrogen (secondary N) is 1. The Labute approximate surface area is 93.3 Å². The molecule has 0 aromatic heterocycles. The molecule has 96 valence electrons. The van der Waals surface area contributed by atoms with Crippen molar-refractivity contribution in [1.82, 2.24) is 5.32 Å². The van der Waals surface area contributed by atoms with Crippen LogP contribution in [0.3, 0.4) is 0 Å². The molecule has 1 aliphatic rings. The van der Waals surface area contributed by atoms with E-state index in [9.17, 15) is 13.2 Å². The fraction of sp³-hybridized carbons (Fsp3) is 1.00. The van der Waals surface area contributed by atoms with Crippen LogP contribution in [-0.2, 0) is 9.47 Å². The van der Waals surface area contributed by atoms with Crippen molar-refractivity contribution >= 4 is 0 Å². The van der Waals surface area contributed by atoms with E-state index in [4.69, 9.17) is 4.74 Å². The smallest absolute Gasteiger partial charge is 0.378 e. The Morgan fingerprint density at radius 3 is 2.75 bits per heavy atom. The molecule has 1 N–H and O–H groups in total. The third kappa shape index (κ3) is 5.67. The lowest BCUT2D eigenvalue weighted by atomic mass is 10.0. The van der Waals surface area contributed by atoms with Gasteiger partial charge in [-0.05, 0) is 19.3 Å². The molecule has 2 atom stereocenters. The predicted molar refractivity (Wildman–Crippen MR) is 53.3 cm³/mol. The molecule has 6 heteroatoms. The van der Waals surface area contributed by atoms with Crippen molar-refractivity contribution in [2.24, 2.45) is 5.92 Å². The average molecular weight is 241 g/mol. The van der Waals surface area contributed by atoms with Gasteiger partial charge >= 0.3 is 6.18 Å². The maximum Gasteiger partial charge on any atom is 0.411 e. The van der Waals surface area contributed by atoms with Gasteiger partial charge in [-0.15, -0.1) is 0 Å². The van der Waals surface area contributed by atoms with E-state index >= 15 is 0 Å². The molecule has 0 aliphatic carbocycles. The molecule has 3 nitrogen and oxygen atoms in total. The van der Waals surface area contributed by atoms with Crippen LogP contribution in [0.25, 0.3) is 0 Å². The second-order valence-corrected chi connectivity index (χ2v) is 4.00. The quantitative estimate of drug-likeness (QED) is 0.716. The molecule has 2 unspecified atom stereocenters. The molecule has 1 heterocycles. The molecule has 0 spiro atoms. The van der Waals surface area contributed by atoms with Crippen LogP contribution in [0, 0.1) is 5.92 Å². The standard InChI is InChI=1S/C10H18F3NO2/c1-8-9(2-4-16-8)6-14-3-5-15-7-10(11,12)13/h8-9,14H,2-7H2,1H3. The molecule has 1 fully saturated rings. The van der Waals surface area contributed by atoms with Crippen molar-refractivity contribution in [3.8, 4) is 0 Å². The molecule has 0 bridgehead atoms. The number of hydrogen-bond acceptors (Lipinski definition) is 3. The molecule has 1 rings (SSSR count). The minimum atomic E-state index is -4.23. The summed E-state index contributed by atoms with van der Waals surface area (Å²) in [6.07, 6.45) is -2.98. The Morgan fingerprint density at radius 1 is 1.44 bits per heavy atom. The summed E-state index contributed by atoms with van der Waals surface area (Å²) in [5.74, 6) is 0.461. The van der Waals surface area contributed by atoms with Crippen LogP contribution in [0.5, 0.6) is 0 Å².